The monoisotopic (exact) mass is 121 g/mol. The maximum absolute atomic E-state index is 7.27. The van der Waals surface area contributed by atoms with Crippen LogP contribution in [0.2, 0.25) is 1.41 Å². The highest BCUT2D eigenvalue weighted by molar-refractivity contribution is 5.72. The highest BCUT2D eigenvalue weighted by Crippen LogP contribution is 2.03. The molecule has 0 saturated heterocycles. The minimum Gasteiger partial charge on any atom is -0.345 e. The molecule has 0 spiro atoms. The summed E-state index contributed by atoms with van der Waals surface area (Å²) in [7, 11) is 0. The van der Waals surface area contributed by atoms with E-state index in [2.05, 4.69) is 9.97 Å². The summed E-state index contributed by atoms with van der Waals surface area (Å²) >= 11 is 0. The number of aromatic nitrogens is 3. The van der Waals surface area contributed by atoms with E-state index in [1.165, 1.54) is 11.3 Å². The maximum atomic E-state index is 7.27. The second kappa shape index (κ2) is 1.55. The van der Waals surface area contributed by atoms with E-state index >= 15 is 0 Å². The fourth-order valence-corrected chi connectivity index (χ4v) is 0.741. The molecule has 44 valence electrons. The Bertz CT molecular complexity index is 355. The van der Waals surface area contributed by atoms with Crippen LogP contribution >= 0.6 is 0 Å². The number of hydrogen-bond donors (Lipinski definition) is 1. The molecule has 2 rings (SSSR count). The van der Waals surface area contributed by atoms with E-state index in [1.54, 1.807) is 18.5 Å². The van der Waals surface area contributed by atoms with Crippen molar-refractivity contribution in [3.63, 3.8) is 0 Å². The molecule has 0 aliphatic carbocycles. The van der Waals surface area contributed by atoms with Crippen molar-refractivity contribution in [2.45, 2.75) is 0 Å². The minimum atomic E-state index is 0.762. The first kappa shape index (κ1) is 3.61. The van der Waals surface area contributed by atoms with E-state index in [9.17, 15) is 0 Å². The van der Waals surface area contributed by atoms with Crippen LogP contribution in [0.25, 0.3) is 11.0 Å². The van der Waals surface area contributed by atoms with Gasteiger partial charge in [-0.3, -0.25) is 4.98 Å². The smallest absolute Gasteiger partial charge is 0.168 e. The van der Waals surface area contributed by atoms with E-state index in [0.717, 1.165) is 11.0 Å². The van der Waals surface area contributed by atoms with Gasteiger partial charge in [0.05, 0.1) is 18.0 Å². The molecule has 0 bridgehead atoms. The van der Waals surface area contributed by atoms with Gasteiger partial charge in [-0.25, -0.2) is 4.98 Å². The standard InChI is InChI=1S/C6H5N3/c1-2-7-3-6-5(1)8-4-9-6/h1-4H,(H,8,9)/i/hT. The molecule has 0 aliphatic heterocycles. The Morgan fingerprint density at radius 2 is 2.67 bits per heavy atom. The van der Waals surface area contributed by atoms with E-state index in [0.29, 0.717) is 0 Å². The zero-order valence-electron chi connectivity index (χ0n) is 5.65. The number of imidazole rings is 1. The number of fused-ring (bicyclic) bond motifs is 1. The Morgan fingerprint density at radius 3 is 3.56 bits per heavy atom. The lowest BCUT2D eigenvalue weighted by Crippen LogP contribution is -1.69. The molecule has 0 unspecified atom stereocenters. The van der Waals surface area contributed by atoms with Crippen LogP contribution in [0, 0.1) is 0 Å². The van der Waals surface area contributed by atoms with Crippen molar-refractivity contribution in [3.05, 3.63) is 24.8 Å². The Balaban J connectivity index is 2.93. The van der Waals surface area contributed by atoms with Gasteiger partial charge in [0.15, 0.2) is 1.41 Å². The third-order valence-electron chi connectivity index (χ3n) is 1.17. The Kier molecular flexibility index (Phi) is 0.621. The van der Waals surface area contributed by atoms with Crippen molar-refractivity contribution < 1.29 is 1.41 Å². The Hall–Kier alpha value is -1.38. The van der Waals surface area contributed by atoms with Gasteiger partial charge in [0.25, 0.3) is 0 Å². The topological polar surface area (TPSA) is 41.6 Å². The van der Waals surface area contributed by atoms with Crippen LogP contribution in [0.1, 0.15) is 0 Å². The number of aromatic amines is 1. The zero-order valence-corrected chi connectivity index (χ0v) is 4.65. The summed E-state index contributed by atoms with van der Waals surface area (Å²) in [5.41, 5.74) is 1.55. The predicted molar refractivity (Wildman–Crippen MR) is 33.9 cm³/mol. The van der Waals surface area contributed by atoms with Crippen molar-refractivity contribution in [2.24, 2.45) is 0 Å². The van der Waals surface area contributed by atoms with Gasteiger partial charge >= 0.3 is 0 Å². The fourth-order valence-electron chi connectivity index (χ4n) is 0.741. The Labute approximate surface area is 53.2 Å². The first-order valence-electron chi connectivity index (χ1n) is 3.09. The van der Waals surface area contributed by atoms with Crippen LogP contribution in [-0.4, -0.2) is 14.9 Å². The molecule has 2 heterocycles. The summed E-state index contributed by atoms with van der Waals surface area (Å²) in [6.45, 7) is 0. The molecule has 0 radical (unpaired) electrons. The van der Waals surface area contributed by atoms with Crippen molar-refractivity contribution in [1.82, 2.24) is 14.9 Å². The van der Waals surface area contributed by atoms with Crippen LogP contribution in [0.3, 0.4) is 0 Å². The summed E-state index contributed by atoms with van der Waals surface area (Å²) in [5.74, 6) is 0. The molecular formula is C6H5N3. The summed E-state index contributed by atoms with van der Waals surface area (Å²) in [4.78, 5) is 9.02. The maximum Gasteiger partial charge on any atom is 0.168 e. The lowest BCUT2D eigenvalue weighted by molar-refractivity contribution is 1.33. The minimum absolute atomic E-state index is 0.762. The van der Waals surface area contributed by atoms with Crippen LogP contribution < -0.4 is 0 Å². The molecule has 2 aromatic heterocycles. The largest absolute Gasteiger partial charge is 0.345 e. The van der Waals surface area contributed by atoms with Crippen molar-refractivity contribution >= 4 is 11.0 Å². The highest BCUT2D eigenvalue weighted by Gasteiger charge is 1.89. The summed E-state index contributed by atoms with van der Waals surface area (Å²) in [6.07, 6.45) is 4.74. The molecule has 0 fully saturated rings. The number of nitrogens with zero attached hydrogens (tertiary/aromatic N) is 2. The lowest BCUT2D eigenvalue weighted by atomic mass is 10.4. The summed E-state index contributed by atoms with van der Waals surface area (Å²) in [5, 5.41) is 0. The van der Waals surface area contributed by atoms with Gasteiger partial charge in [0.1, 0.15) is 5.52 Å². The average molecular weight is 121 g/mol. The lowest BCUT2D eigenvalue weighted by Gasteiger charge is -1.80. The number of H-pyrrole nitrogens is 1. The highest BCUT2D eigenvalue weighted by atomic mass is 14.9. The predicted octanol–water partition coefficient (Wildman–Crippen LogP) is 0.958. The molecule has 9 heavy (non-hydrogen) atoms. The van der Waals surface area contributed by atoms with E-state index in [-0.39, 0.29) is 0 Å². The van der Waals surface area contributed by atoms with Gasteiger partial charge < -0.3 is 4.98 Å². The average Bonchev–Trinajstić information content (AvgIpc) is 2.34. The number of hydrogen-bond acceptors (Lipinski definition) is 2. The first-order valence-corrected chi connectivity index (χ1v) is 2.64. The molecule has 3 heteroatoms. The molecule has 3 nitrogen and oxygen atoms in total. The molecule has 0 amide bonds. The van der Waals surface area contributed by atoms with Crippen LogP contribution in [0.15, 0.2) is 24.8 Å². The number of nitrogens with one attached hydrogen (secondary N) is 1. The van der Waals surface area contributed by atoms with E-state index < -0.39 is 0 Å². The molecule has 0 saturated carbocycles. The number of pyridine rings is 1. The van der Waals surface area contributed by atoms with Gasteiger partial charge in [-0.05, 0) is 6.07 Å². The second-order valence-corrected chi connectivity index (χ2v) is 1.74. The second-order valence-electron chi connectivity index (χ2n) is 1.74. The normalized spacial score (nSPS) is 11.8. The molecule has 0 aromatic carbocycles. The van der Waals surface area contributed by atoms with Gasteiger partial charge in [-0.15, -0.1) is 0 Å². The van der Waals surface area contributed by atoms with Crippen LogP contribution in [0.5, 0.6) is 0 Å². The Morgan fingerprint density at radius 1 is 1.67 bits per heavy atom. The zero-order chi connectivity index (χ0) is 6.97. The molecular weight excluding hydrogens is 114 g/mol. The van der Waals surface area contributed by atoms with Crippen molar-refractivity contribution in [1.29, 1.82) is 0 Å². The third-order valence-corrected chi connectivity index (χ3v) is 1.17. The van der Waals surface area contributed by atoms with Crippen molar-refractivity contribution in [2.75, 3.05) is 0 Å². The van der Waals surface area contributed by atoms with Gasteiger partial charge in [-0.1, -0.05) is 0 Å². The van der Waals surface area contributed by atoms with Crippen LogP contribution in [-0.2, 0) is 0 Å². The van der Waals surface area contributed by atoms with Crippen LogP contribution in [0.4, 0.5) is 0 Å². The number of rotatable bonds is 0. The SMILES string of the molecule is [3H]n1cnc2cnccc21. The molecule has 0 aliphatic rings. The summed E-state index contributed by atoms with van der Waals surface area (Å²) < 4.78 is 7.27. The van der Waals surface area contributed by atoms with Gasteiger partial charge in [-0.2, -0.15) is 0 Å². The molecule has 1 N–H and O–H groups in total. The van der Waals surface area contributed by atoms with E-state index in [1.807, 2.05) is 0 Å². The van der Waals surface area contributed by atoms with Crippen molar-refractivity contribution in [3.8, 4) is 0 Å². The quantitative estimate of drug-likeness (QED) is 0.564. The van der Waals surface area contributed by atoms with Gasteiger partial charge in [0.2, 0.25) is 0 Å². The summed E-state index contributed by atoms with van der Waals surface area (Å²) in [6, 6.07) is 1.76. The van der Waals surface area contributed by atoms with E-state index in [4.69, 9.17) is 1.41 Å². The fraction of sp³-hybridized carbons (Fsp3) is 0. The first-order chi connectivity index (χ1) is 4.88. The van der Waals surface area contributed by atoms with Gasteiger partial charge in [0, 0.05) is 6.20 Å². The molecule has 2 aromatic rings. The molecule has 0 atom stereocenters. The third kappa shape index (κ3) is 0.579.